The second-order valence-corrected chi connectivity index (χ2v) is 7.13. The number of nitrogens with two attached hydrogens (primary N) is 1. The predicted octanol–water partition coefficient (Wildman–Crippen LogP) is 4.01. The molecule has 3 aromatic rings. The molecular formula is C15H15BrN2S. The zero-order valence-corrected chi connectivity index (χ0v) is 12.9. The Kier molecular flexibility index (Phi) is 3.73. The first-order valence-corrected chi connectivity index (χ1v) is 7.89. The topological polar surface area (TPSA) is 30.9 Å². The molecule has 0 unspecified atom stereocenters. The van der Waals surface area contributed by atoms with Gasteiger partial charge in [0.15, 0.2) is 0 Å². The van der Waals surface area contributed by atoms with Crippen LogP contribution in [0.3, 0.4) is 0 Å². The van der Waals surface area contributed by atoms with Crippen LogP contribution >= 0.6 is 27.3 Å². The summed E-state index contributed by atoms with van der Waals surface area (Å²) in [4.78, 5) is 1.36. The van der Waals surface area contributed by atoms with E-state index in [9.17, 15) is 0 Å². The third-order valence-corrected chi connectivity index (χ3v) is 4.83. The molecule has 0 aliphatic heterocycles. The van der Waals surface area contributed by atoms with Gasteiger partial charge in [-0.25, -0.2) is 0 Å². The van der Waals surface area contributed by atoms with Gasteiger partial charge in [0.2, 0.25) is 0 Å². The molecule has 0 saturated carbocycles. The van der Waals surface area contributed by atoms with Crippen LogP contribution in [0.5, 0.6) is 0 Å². The molecule has 0 bridgehead atoms. The van der Waals surface area contributed by atoms with Gasteiger partial charge in [-0.1, -0.05) is 6.07 Å². The van der Waals surface area contributed by atoms with Crippen molar-refractivity contribution in [3.8, 4) is 0 Å². The number of rotatable bonds is 4. The summed E-state index contributed by atoms with van der Waals surface area (Å²) in [6.45, 7) is 1.63. The molecule has 0 atom stereocenters. The third kappa shape index (κ3) is 2.76. The minimum atomic E-state index is 0.704. The summed E-state index contributed by atoms with van der Waals surface area (Å²) in [5.41, 5.74) is 8.20. The van der Waals surface area contributed by atoms with Crippen molar-refractivity contribution in [2.45, 2.75) is 13.0 Å². The minimum absolute atomic E-state index is 0.704. The lowest BCUT2D eigenvalue weighted by Gasteiger charge is -2.04. The molecule has 3 rings (SSSR count). The summed E-state index contributed by atoms with van der Waals surface area (Å²) in [6.07, 6.45) is 3.10. The Morgan fingerprint density at radius 3 is 2.79 bits per heavy atom. The van der Waals surface area contributed by atoms with E-state index in [0.717, 1.165) is 13.0 Å². The minimum Gasteiger partial charge on any atom is -0.342 e. The van der Waals surface area contributed by atoms with E-state index in [1.807, 2.05) is 0 Å². The van der Waals surface area contributed by atoms with Gasteiger partial charge in [-0.05, 0) is 70.2 Å². The predicted molar refractivity (Wildman–Crippen MR) is 85.8 cm³/mol. The molecule has 1 aromatic carbocycles. The number of hydrogen-bond donors (Lipinski definition) is 1. The number of fused-ring (bicyclic) bond motifs is 1. The van der Waals surface area contributed by atoms with Gasteiger partial charge in [0, 0.05) is 16.6 Å². The number of benzene rings is 1. The lowest BCUT2D eigenvalue weighted by Crippen LogP contribution is -2.02. The summed E-state index contributed by atoms with van der Waals surface area (Å²) in [6, 6.07) is 13.1. The lowest BCUT2D eigenvalue weighted by molar-refractivity contribution is 0.851. The van der Waals surface area contributed by atoms with Crippen LogP contribution in [0, 0.1) is 0 Å². The first-order chi connectivity index (χ1) is 9.26. The standard InChI is InChI=1S/C15H15BrN2S/c16-15-4-2-13(19-15)10-18-8-6-12-9-11(5-7-17)1-3-14(12)18/h1-4,6,8-9H,5,7,10,17H2. The first-order valence-electron chi connectivity index (χ1n) is 6.28. The fourth-order valence-electron chi connectivity index (χ4n) is 2.31. The molecule has 0 saturated heterocycles. The largest absolute Gasteiger partial charge is 0.342 e. The van der Waals surface area contributed by atoms with Crippen molar-refractivity contribution in [1.82, 2.24) is 4.57 Å². The fraction of sp³-hybridized carbons (Fsp3) is 0.200. The summed E-state index contributed by atoms with van der Waals surface area (Å²) in [5.74, 6) is 0. The Hall–Kier alpha value is -1.10. The highest BCUT2D eigenvalue weighted by Gasteiger charge is 2.04. The number of aromatic nitrogens is 1. The highest BCUT2D eigenvalue weighted by atomic mass is 79.9. The van der Waals surface area contributed by atoms with E-state index in [1.54, 1.807) is 11.3 Å². The second kappa shape index (κ2) is 5.49. The smallest absolute Gasteiger partial charge is 0.0702 e. The zero-order chi connectivity index (χ0) is 13.2. The van der Waals surface area contributed by atoms with E-state index in [2.05, 4.69) is 63.1 Å². The molecule has 2 N–H and O–H groups in total. The van der Waals surface area contributed by atoms with Crippen LogP contribution in [0.25, 0.3) is 10.9 Å². The summed E-state index contributed by atoms with van der Waals surface area (Å²) < 4.78 is 3.48. The van der Waals surface area contributed by atoms with Gasteiger partial charge >= 0.3 is 0 Å². The monoisotopic (exact) mass is 334 g/mol. The molecule has 0 fully saturated rings. The number of nitrogens with zero attached hydrogens (tertiary/aromatic N) is 1. The third-order valence-electron chi connectivity index (χ3n) is 3.22. The van der Waals surface area contributed by atoms with Gasteiger partial charge in [-0.15, -0.1) is 11.3 Å². The summed E-state index contributed by atoms with van der Waals surface area (Å²) in [5, 5.41) is 1.29. The SMILES string of the molecule is NCCc1ccc2c(ccn2Cc2ccc(Br)s2)c1. The maximum Gasteiger partial charge on any atom is 0.0702 e. The van der Waals surface area contributed by atoms with Gasteiger partial charge in [0.1, 0.15) is 0 Å². The quantitative estimate of drug-likeness (QED) is 0.767. The maximum absolute atomic E-state index is 5.61. The van der Waals surface area contributed by atoms with Crippen LogP contribution in [-0.4, -0.2) is 11.1 Å². The van der Waals surface area contributed by atoms with E-state index in [-0.39, 0.29) is 0 Å². The molecule has 0 aliphatic carbocycles. The van der Waals surface area contributed by atoms with Gasteiger partial charge in [-0.3, -0.25) is 0 Å². The number of thiophene rings is 1. The lowest BCUT2D eigenvalue weighted by atomic mass is 10.1. The Labute approximate surface area is 125 Å². The molecular weight excluding hydrogens is 320 g/mol. The molecule has 2 aromatic heterocycles. The Balaban J connectivity index is 1.92. The molecule has 0 radical (unpaired) electrons. The van der Waals surface area contributed by atoms with E-state index in [1.165, 1.54) is 25.1 Å². The van der Waals surface area contributed by atoms with E-state index in [4.69, 9.17) is 5.73 Å². The maximum atomic E-state index is 5.61. The van der Waals surface area contributed by atoms with Crippen LogP contribution in [0.1, 0.15) is 10.4 Å². The first kappa shape index (κ1) is 12.9. The van der Waals surface area contributed by atoms with E-state index >= 15 is 0 Å². The molecule has 2 heterocycles. The van der Waals surface area contributed by atoms with Crippen LogP contribution in [0.15, 0.2) is 46.4 Å². The van der Waals surface area contributed by atoms with Crippen LogP contribution in [-0.2, 0) is 13.0 Å². The van der Waals surface area contributed by atoms with Crippen molar-refractivity contribution in [2.75, 3.05) is 6.54 Å². The highest BCUT2D eigenvalue weighted by molar-refractivity contribution is 9.11. The van der Waals surface area contributed by atoms with E-state index in [0.29, 0.717) is 6.54 Å². The van der Waals surface area contributed by atoms with Crippen molar-refractivity contribution in [3.63, 3.8) is 0 Å². The fourth-order valence-corrected chi connectivity index (χ4v) is 3.80. The molecule has 4 heteroatoms. The molecule has 19 heavy (non-hydrogen) atoms. The van der Waals surface area contributed by atoms with Crippen LogP contribution in [0.4, 0.5) is 0 Å². The highest BCUT2D eigenvalue weighted by Crippen LogP contribution is 2.25. The average molecular weight is 335 g/mol. The van der Waals surface area contributed by atoms with Gasteiger partial charge in [-0.2, -0.15) is 0 Å². The normalized spacial score (nSPS) is 11.3. The van der Waals surface area contributed by atoms with Crippen molar-refractivity contribution in [1.29, 1.82) is 0 Å². The molecule has 2 nitrogen and oxygen atoms in total. The van der Waals surface area contributed by atoms with Crippen LogP contribution < -0.4 is 5.73 Å². The molecule has 0 spiro atoms. The second-order valence-electron chi connectivity index (χ2n) is 4.58. The van der Waals surface area contributed by atoms with Crippen LogP contribution in [0.2, 0.25) is 0 Å². The molecule has 98 valence electrons. The number of halogens is 1. The molecule has 0 aliphatic rings. The Morgan fingerprint density at radius 2 is 2.05 bits per heavy atom. The van der Waals surface area contributed by atoms with Crippen molar-refractivity contribution in [3.05, 3.63) is 56.8 Å². The van der Waals surface area contributed by atoms with Crippen molar-refractivity contribution in [2.24, 2.45) is 5.73 Å². The van der Waals surface area contributed by atoms with E-state index < -0.39 is 0 Å². The average Bonchev–Trinajstić information content (AvgIpc) is 2.97. The van der Waals surface area contributed by atoms with Gasteiger partial charge in [0.05, 0.1) is 10.3 Å². The Morgan fingerprint density at radius 1 is 1.16 bits per heavy atom. The zero-order valence-electron chi connectivity index (χ0n) is 10.5. The Bertz CT molecular complexity index is 699. The van der Waals surface area contributed by atoms with Crippen molar-refractivity contribution >= 4 is 38.2 Å². The van der Waals surface area contributed by atoms with Gasteiger partial charge in [0.25, 0.3) is 0 Å². The number of hydrogen-bond acceptors (Lipinski definition) is 2. The van der Waals surface area contributed by atoms with Crippen molar-refractivity contribution < 1.29 is 0 Å². The molecule has 0 amide bonds. The summed E-state index contributed by atoms with van der Waals surface area (Å²) in [7, 11) is 0. The summed E-state index contributed by atoms with van der Waals surface area (Å²) >= 11 is 5.30. The van der Waals surface area contributed by atoms with Gasteiger partial charge < -0.3 is 10.3 Å².